The van der Waals surface area contributed by atoms with Crippen LogP contribution in [-0.2, 0) is 14.3 Å². The predicted molar refractivity (Wildman–Crippen MR) is 81.6 cm³/mol. The number of ether oxygens (including phenoxy) is 1. The normalized spacial score (nSPS) is 16.4. The topological polar surface area (TPSA) is 55.4 Å². The van der Waals surface area contributed by atoms with Gasteiger partial charge in [-0.05, 0) is 25.2 Å². The van der Waals surface area contributed by atoms with Crippen LogP contribution in [0.15, 0.2) is 0 Å². The molecule has 0 aliphatic rings. The molecule has 0 spiro atoms. The third kappa shape index (κ3) is 5.61. The van der Waals surface area contributed by atoms with Crippen LogP contribution in [0.2, 0.25) is 0 Å². The molecule has 2 unspecified atom stereocenters. The van der Waals surface area contributed by atoms with E-state index in [1.165, 1.54) is 0 Å². The number of nitrogens with one attached hydrogen (secondary N) is 1. The summed E-state index contributed by atoms with van der Waals surface area (Å²) in [6.07, 6.45) is 1.62. The maximum absolute atomic E-state index is 11.8. The fourth-order valence-corrected chi connectivity index (χ4v) is 1.71. The first-order chi connectivity index (χ1) is 9.07. The van der Waals surface area contributed by atoms with Gasteiger partial charge in [0.2, 0.25) is 5.91 Å². The van der Waals surface area contributed by atoms with Gasteiger partial charge < -0.3 is 10.1 Å². The molecule has 0 aromatic heterocycles. The minimum atomic E-state index is -0.356. The molecule has 0 aliphatic carbocycles. The van der Waals surface area contributed by atoms with E-state index in [1.807, 2.05) is 20.8 Å². The molecule has 0 saturated heterocycles. The van der Waals surface area contributed by atoms with Gasteiger partial charge in [0.15, 0.2) is 5.78 Å². The Morgan fingerprint density at radius 1 is 1.15 bits per heavy atom. The zero-order chi connectivity index (χ0) is 16.0. The second kappa shape index (κ2) is 7.77. The number of hydrogen-bond donors (Lipinski definition) is 1. The van der Waals surface area contributed by atoms with Crippen molar-refractivity contribution in [2.24, 2.45) is 11.3 Å². The lowest BCUT2D eigenvalue weighted by atomic mass is 9.76. The van der Waals surface area contributed by atoms with Gasteiger partial charge in [-0.2, -0.15) is 0 Å². The van der Waals surface area contributed by atoms with Crippen molar-refractivity contribution in [3.05, 3.63) is 0 Å². The van der Waals surface area contributed by atoms with E-state index in [2.05, 4.69) is 33.0 Å². The molecule has 1 N–H and O–H groups in total. The number of carbonyl (C=O) groups is 2. The lowest BCUT2D eigenvalue weighted by molar-refractivity contribution is -0.144. The highest BCUT2D eigenvalue weighted by Crippen LogP contribution is 2.35. The molecule has 2 atom stereocenters. The number of hydrogen-bond acceptors (Lipinski definition) is 3. The van der Waals surface area contributed by atoms with Gasteiger partial charge in [0.25, 0.3) is 0 Å². The average molecular weight is 285 g/mol. The van der Waals surface area contributed by atoms with Crippen LogP contribution in [-0.4, -0.2) is 30.4 Å². The molecule has 0 fully saturated rings. The molecular weight excluding hydrogens is 254 g/mol. The first kappa shape index (κ1) is 19.1. The van der Waals surface area contributed by atoms with Gasteiger partial charge in [-0.25, -0.2) is 0 Å². The summed E-state index contributed by atoms with van der Waals surface area (Å²) < 4.78 is 5.80. The summed E-state index contributed by atoms with van der Waals surface area (Å²) in [5.41, 5.74) is -0.403. The Balaban J connectivity index is 4.27. The monoisotopic (exact) mass is 285 g/mol. The SMILES string of the molecule is CCC(C)C(=O)CNC(=O)COC(C)(CC)C(C)(C)C. The van der Waals surface area contributed by atoms with Crippen LogP contribution in [0.1, 0.15) is 61.3 Å². The fraction of sp³-hybridized carbons (Fsp3) is 0.875. The molecule has 118 valence electrons. The van der Waals surface area contributed by atoms with E-state index in [1.54, 1.807) is 0 Å². The number of Topliss-reactive ketones (excluding diaryl/α,β-unsaturated/α-hetero) is 1. The van der Waals surface area contributed by atoms with E-state index in [9.17, 15) is 9.59 Å². The average Bonchev–Trinajstić information content (AvgIpc) is 2.39. The molecule has 0 bridgehead atoms. The quantitative estimate of drug-likeness (QED) is 0.746. The Labute approximate surface area is 123 Å². The Morgan fingerprint density at radius 3 is 2.10 bits per heavy atom. The molecule has 20 heavy (non-hydrogen) atoms. The summed E-state index contributed by atoms with van der Waals surface area (Å²) in [5.74, 6) is -0.174. The first-order valence-corrected chi connectivity index (χ1v) is 7.50. The van der Waals surface area contributed by atoms with Crippen LogP contribution in [0.25, 0.3) is 0 Å². The van der Waals surface area contributed by atoms with Gasteiger partial charge in [0.1, 0.15) is 6.61 Å². The van der Waals surface area contributed by atoms with Crippen molar-refractivity contribution in [1.82, 2.24) is 5.32 Å². The van der Waals surface area contributed by atoms with Crippen LogP contribution in [0.5, 0.6) is 0 Å². The summed E-state index contributed by atoms with van der Waals surface area (Å²) in [5, 5.41) is 2.63. The number of rotatable bonds is 8. The smallest absolute Gasteiger partial charge is 0.246 e. The first-order valence-electron chi connectivity index (χ1n) is 7.50. The highest BCUT2D eigenvalue weighted by atomic mass is 16.5. The third-order valence-electron chi connectivity index (χ3n) is 4.40. The number of amides is 1. The Morgan fingerprint density at radius 2 is 1.70 bits per heavy atom. The highest BCUT2D eigenvalue weighted by Gasteiger charge is 2.37. The van der Waals surface area contributed by atoms with Crippen molar-refractivity contribution in [1.29, 1.82) is 0 Å². The van der Waals surface area contributed by atoms with Crippen molar-refractivity contribution in [2.75, 3.05) is 13.2 Å². The second-order valence-corrected chi connectivity index (χ2v) is 6.68. The summed E-state index contributed by atoms with van der Waals surface area (Å²) in [4.78, 5) is 23.4. The molecule has 0 aromatic carbocycles. The maximum Gasteiger partial charge on any atom is 0.246 e. The largest absolute Gasteiger partial charge is 0.365 e. The standard InChI is InChI=1S/C16H31NO3/c1-8-12(3)13(18)10-17-14(19)11-20-16(7,9-2)15(4,5)6/h12H,8-11H2,1-7H3,(H,17,19). The van der Waals surface area contributed by atoms with E-state index in [4.69, 9.17) is 4.74 Å². The summed E-state index contributed by atoms with van der Waals surface area (Å²) in [6.45, 7) is 14.3. The molecule has 4 nitrogen and oxygen atoms in total. The van der Waals surface area contributed by atoms with E-state index in [-0.39, 0.29) is 41.8 Å². The van der Waals surface area contributed by atoms with E-state index in [0.29, 0.717) is 0 Å². The summed E-state index contributed by atoms with van der Waals surface area (Å²) in [6, 6.07) is 0. The third-order valence-corrected chi connectivity index (χ3v) is 4.40. The van der Waals surface area contributed by atoms with Crippen molar-refractivity contribution in [3.63, 3.8) is 0 Å². The predicted octanol–water partition coefficient (Wildman–Crippen LogP) is 2.95. The molecular formula is C16H31NO3. The van der Waals surface area contributed by atoms with Crippen LogP contribution in [0, 0.1) is 11.3 Å². The van der Waals surface area contributed by atoms with Crippen LogP contribution >= 0.6 is 0 Å². The fourth-order valence-electron chi connectivity index (χ4n) is 1.71. The zero-order valence-corrected chi connectivity index (χ0v) is 14.1. The van der Waals surface area contributed by atoms with Gasteiger partial charge in [0.05, 0.1) is 12.1 Å². The lowest BCUT2D eigenvalue weighted by Crippen LogP contribution is -2.45. The van der Waals surface area contributed by atoms with Crippen molar-refractivity contribution in [3.8, 4) is 0 Å². The van der Waals surface area contributed by atoms with Crippen LogP contribution < -0.4 is 5.32 Å². The van der Waals surface area contributed by atoms with Crippen molar-refractivity contribution in [2.45, 2.75) is 66.9 Å². The zero-order valence-electron chi connectivity index (χ0n) is 14.1. The van der Waals surface area contributed by atoms with Gasteiger partial charge in [0, 0.05) is 5.92 Å². The van der Waals surface area contributed by atoms with E-state index >= 15 is 0 Å². The molecule has 0 rings (SSSR count). The van der Waals surface area contributed by atoms with Gasteiger partial charge >= 0.3 is 0 Å². The molecule has 0 heterocycles. The second-order valence-electron chi connectivity index (χ2n) is 6.68. The maximum atomic E-state index is 11.8. The van der Waals surface area contributed by atoms with E-state index in [0.717, 1.165) is 12.8 Å². The molecule has 4 heteroatoms. The van der Waals surface area contributed by atoms with Crippen molar-refractivity contribution < 1.29 is 14.3 Å². The van der Waals surface area contributed by atoms with Gasteiger partial charge in [-0.15, -0.1) is 0 Å². The lowest BCUT2D eigenvalue weighted by Gasteiger charge is -2.41. The minimum absolute atomic E-state index is 0.00457. The van der Waals surface area contributed by atoms with E-state index < -0.39 is 0 Å². The number of ketones is 1. The molecule has 0 aromatic rings. The Hall–Kier alpha value is -0.900. The van der Waals surface area contributed by atoms with Crippen molar-refractivity contribution >= 4 is 11.7 Å². The Bertz CT molecular complexity index is 333. The Kier molecular flexibility index (Phi) is 7.42. The van der Waals surface area contributed by atoms with Crippen LogP contribution in [0.3, 0.4) is 0 Å². The highest BCUT2D eigenvalue weighted by molar-refractivity contribution is 5.87. The van der Waals surface area contributed by atoms with Gasteiger partial charge in [-0.3, -0.25) is 9.59 Å². The summed E-state index contributed by atoms with van der Waals surface area (Å²) >= 11 is 0. The molecule has 0 radical (unpaired) electrons. The van der Waals surface area contributed by atoms with Crippen LogP contribution in [0.4, 0.5) is 0 Å². The molecule has 0 aliphatic heterocycles. The van der Waals surface area contributed by atoms with Gasteiger partial charge in [-0.1, -0.05) is 41.5 Å². The molecule has 0 saturated carbocycles. The molecule has 1 amide bonds. The number of carbonyl (C=O) groups excluding carboxylic acids is 2. The summed E-state index contributed by atoms with van der Waals surface area (Å²) in [7, 11) is 0. The minimum Gasteiger partial charge on any atom is -0.365 e.